The van der Waals surface area contributed by atoms with Crippen molar-refractivity contribution in [3.8, 4) is 0 Å². The molecule has 1 aliphatic carbocycles. The number of nitrogens with two attached hydrogens (primary N) is 1. The number of β-amino-alcohol motifs (C(OH)–C–C–N with tert-alkyl or cyclic N) is 1. The number of aliphatic hydroxyl groups is 1. The van der Waals surface area contributed by atoms with Crippen LogP contribution in [0.1, 0.15) is 18.4 Å². The van der Waals surface area contributed by atoms with Gasteiger partial charge in [-0.3, -0.25) is 14.6 Å². The van der Waals surface area contributed by atoms with Crippen molar-refractivity contribution in [3.05, 3.63) is 42.1 Å². The van der Waals surface area contributed by atoms with Gasteiger partial charge in [0.1, 0.15) is 5.41 Å². The second-order valence-electron chi connectivity index (χ2n) is 7.18. The molecule has 0 radical (unpaired) electrons. The zero-order valence-corrected chi connectivity index (χ0v) is 13.9. The van der Waals surface area contributed by atoms with Crippen LogP contribution >= 0.6 is 0 Å². The highest BCUT2D eigenvalue weighted by Gasteiger charge is 2.58. The number of likely N-dealkylation sites (tertiary alicyclic amines) is 1. The van der Waals surface area contributed by atoms with Gasteiger partial charge >= 0.3 is 0 Å². The van der Waals surface area contributed by atoms with Gasteiger partial charge in [-0.2, -0.15) is 0 Å². The Balaban J connectivity index is 1.52. The predicted molar refractivity (Wildman–Crippen MR) is 92.4 cm³/mol. The molecule has 2 aliphatic rings. The molecule has 0 bridgehead atoms. The lowest BCUT2D eigenvalue weighted by Gasteiger charge is -2.21. The van der Waals surface area contributed by atoms with Crippen LogP contribution in [-0.2, 0) is 16.0 Å². The van der Waals surface area contributed by atoms with Gasteiger partial charge in [0.05, 0.1) is 11.6 Å². The fraction of sp³-hybridized carbons (Fsp3) is 0.421. The average Bonchev–Trinajstić information content (AvgIpc) is 3.35. The van der Waals surface area contributed by atoms with Gasteiger partial charge in [0, 0.05) is 30.6 Å². The Morgan fingerprint density at radius 1 is 1.24 bits per heavy atom. The quantitative estimate of drug-likeness (QED) is 0.808. The van der Waals surface area contributed by atoms with Crippen molar-refractivity contribution in [2.45, 2.75) is 25.4 Å². The van der Waals surface area contributed by atoms with E-state index in [2.05, 4.69) is 4.98 Å². The second kappa shape index (κ2) is 5.81. The minimum absolute atomic E-state index is 0.0570. The number of benzene rings is 1. The third-order valence-corrected chi connectivity index (χ3v) is 5.55. The molecule has 2 atom stereocenters. The van der Waals surface area contributed by atoms with Crippen LogP contribution in [0.3, 0.4) is 0 Å². The molecule has 4 rings (SSSR count). The number of pyridine rings is 1. The molecule has 0 unspecified atom stereocenters. The molecule has 1 aromatic heterocycles. The van der Waals surface area contributed by atoms with Crippen LogP contribution in [0.4, 0.5) is 0 Å². The van der Waals surface area contributed by atoms with Crippen LogP contribution in [0.15, 0.2) is 36.5 Å². The topological polar surface area (TPSA) is 96.5 Å². The molecule has 2 fully saturated rings. The number of hydrogen-bond acceptors (Lipinski definition) is 4. The van der Waals surface area contributed by atoms with Crippen molar-refractivity contribution < 1.29 is 14.7 Å². The molecule has 3 N–H and O–H groups in total. The average molecular weight is 339 g/mol. The molecule has 2 amide bonds. The SMILES string of the molecule is NC(=O)C1(C(=O)N2C[C@@H](Cc3ccnc4ccccc34)[C@@H](O)C2)CC1. The molecule has 1 aliphatic heterocycles. The summed E-state index contributed by atoms with van der Waals surface area (Å²) in [6.07, 6.45) is 2.88. The molecule has 1 aromatic carbocycles. The van der Waals surface area contributed by atoms with Crippen molar-refractivity contribution in [1.82, 2.24) is 9.88 Å². The third-order valence-electron chi connectivity index (χ3n) is 5.55. The number of aliphatic hydroxyl groups excluding tert-OH is 1. The van der Waals surface area contributed by atoms with E-state index in [1.165, 1.54) is 0 Å². The highest BCUT2D eigenvalue weighted by atomic mass is 16.3. The van der Waals surface area contributed by atoms with E-state index in [1.807, 2.05) is 30.3 Å². The lowest BCUT2D eigenvalue weighted by Crippen LogP contribution is -2.42. The molecule has 130 valence electrons. The number of carbonyl (C=O) groups excluding carboxylic acids is 2. The third kappa shape index (κ3) is 2.66. The number of fused-ring (bicyclic) bond motifs is 1. The van der Waals surface area contributed by atoms with Crippen molar-refractivity contribution in [1.29, 1.82) is 0 Å². The fourth-order valence-corrected chi connectivity index (χ4v) is 3.83. The predicted octanol–water partition coefficient (Wildman–Crippen LogP) is 0.862. The first-order valence-corrected chi connectivity index (χ1v) is 8.61. The summed E-state index contributed by atoms with van der Waals surface area (Å²) in [5.74, 6) is -0.824. The Bertz CT molecular complexity index is 841. The first-order chi connectivity index (χ1) is 12.0. The number of primary amides is 1. The fourth-order valence-electron chi connectivity index (χ4n) is 3.83. The maximum absolute atomic E-state index is 12.6. The molecule has 6 nitrogen and oxygen atoms in total. The lowest BCUT2D eigenvalue weighted by atomic mass is 9.94. The molecule has 25 heavy (non-hydrogen) atoms. The van der Waals surface area contributed by atoms with Crippen LogP contribution in [0.5, 0.6) is 0 Å². The summed E-state index contributed by atoms with van der Waals surface area (Å²) in [6, 6.07) is 9.87. The number of hydrogen-bond donors (Lipinski definition) is 2. The Morgan fingerprint density at radius 3 is 2.72 bits per heavy atom. The van der Waals surface area contributed by atoms with E-state index in [4.69, 9.17) is 5.73 Å². The summed E-state index contributed by atoms with van der Waals surface area (Å²) >= 11 is 0. The normalized spacial score (nSPS) is 24.4. The molecule has 0 spiro atoms. The number of aromatic nitrogens is 1. The maximum atomic E-state index is 12.6. The standard InChI is InChI=1S/C19H21N3O3/c20-17(24)19(6-7-19)18(25)22-10-13(16(23)11-22)9-12-5-8-21-15-4-2-1-3-14(12)15/h1-5,8,13,16,23H,6-7,9-11H2,(H2,20,24)/t13-,16+/m1/s1. The van der Waals surface area contributed by atoms with Gasteiger partial charge in [-0.15, -0.1) is 0 Å². The van der Waals surface area contributed by atoms with Crippen molar-refractivity contribution in [2.75, 3.05) is 13.1 Å². The Labute approximate surface area is 145 Å². The van der Waals surface area contributed by atoms with E-state index < -0.39 is 17.4 Å². The molecule has 6 heteroatoms. The largest absolute Gasteiger partial charge is 0.391 e. The molecule has 2 heterocycles. The minimum Gasteiger partial charge on any atom is -0.391 e. The van der Waals surface area contributed by atoms with Gasteiger partial charge in [-0.1, -0.05) is 18.2 Å². The van der Waals surface area contributed by atoms with Crippen LogP contribution in [0.25, 0.3) is 10.9 Å². The van der Waals surface area contributed by atoms with Crippen LogP contribution in [-0.4, -0.2) is 46.0 Å². The van der Waals surface area contributed by atoms with E-state index in [-0.39, 0.29) is 18.4 Å². The second-order valence-corrected chi connectivity index (χ2v) is 7.18. The van der Waals surface area contributed by atoms with E-state index in [0.29, 0.717) is 25.8 Å². The first kappa shape index (κ1) is 16.0. The summed E-state index contributed by atoms with van der Waals surface area (Å²) in [7, 11) is 0. The molecular weight excluding hydrogens is 318 g/mol. The Kier molecular flexibility index (Phi) is 3.72. The lowest BCUT2D eigenvalue weighted by molar-refractivity contribution is -0.142. The van der Waals surface area contributed by atoms with Gasteiger partial charge in [0.25, 0.3) is 0 Å². The summed E-state index contributed by atoms with van der Waals surface area (Å²) in [5.41, 5.74) is 6.42. The van der Waals surface area contributed by atoms with Gasteiger partial charge in [0.15, 0.2) is 0 Å². The summed E-state index contributed by atoms with van der Waals surface area (Å²) < 4.78 is 0. The number of rotatable bonds is 4. The zero-order valence-electron chi connectivity index (χ0n) is 13.9. The summed E-state index contributed by atoms with van der Waals surface area (Å²) in [5, 5.41) is 11.5. The highest BCUT2D eigenvalue weighted by Crippen LogP contribution is 2.47. The summed E-state index contributed by atoms with van der Waals surface area (Å²) in [4.78, 5) is 30.2. The molecule has 1 saturated heterocycles. The van der Waals surface area contributed by atoms with Gasteiger partial charge in [-0.05, 0) is 37.0 Å². The zero-order chi connectivity index (χ0) is 17.6. The van der Waals surface area contributed by atoms with Crippen LogP contribution in [0, 0.1) is 11.3 Å². The van der Waals surface area contributed by atoms with E-state index >= 15 is 0 Å². The smallest absolute Gasteiger partial charge is 0.238 e. The van der Waals surface area contributed by atoms with Gasteiger partial charge in [0.2, 0.25) is 11.8 Å². The molecular formula is C19H21N3O3. The molecule has 2 aromatic rings. The van der Waals surface area contributed by atoms with Crippen molar-refractivity contribution >= 4 is 22.7 Å². The number of amides is 2. The van der Waals surface area contributed by atoms with E-state index in [9.17, 15) is 14.7 Å². The summed E-state index contributed by atoms with van der Waals surface area (Å²) in [6.45, 7) is 0.716. The maximum Gasteiger partial charge on any atom is 0.238 e. The van der Waals surface area contributed by atoms with E-state index in [0.717, 1.165) is 16.5 Å². The van der Waals surface area contributed by atoms with Crippen LogP contribution in [0.2, 0.25) is 0 Å². The number of para-hydroxylation sites is 1. The highest BCUT2D eigenvalue weighted by molar-refractivity contribution is 6.07. The van der Waals surface area contributed by atoms with Crippen LogP contribution < -0.4 is 5.73 Å². The van der Waals surface area contributed by atoms with E-state index in [1.54, 1.807) is 11.1 Å². The van der Waals surface area contributed by atoms with Crippen molar-refractivity contribution in [2.24, 2.45) is 17.1 Å². The first-order valence-electron chi connectivity index (χ1n) is 8.61. The Morgan fingerprint density at radius 2 is 2.00 bits per heavy atom. The molecule has 1 saturated carbocycles. The van der Waals surface area contributed by atoms with Gasteiger partial charge < -0.3 is 15.7 Å². The van der Waals surface area contributed by atoms with Gasteiger partial charge in [-0.25, -0.2) is 0 Å². The number of nitrogens with zero attached hydrogens (tertiary/aromatic N) is 2. The Hall–Kier alpha value is -2.47. The number of carbonyl (C=O) groups is 2. The van der Waals surface area contributed by atoms with Crippen molar-refractivity contribution in [3.63, 3.8) is 0 Å². The monoisotopic (exact) mass is 339 g/mol. The minimum atomic E-state index is -1.02.